The summed E-state index contributed by atoms with van der Waals surface area (Å²) in [7, 11) is -1.01. The van der Waals surface area contributed by atoms with E-state index in [0.29, 0.717) is 5.92 Å². The van der Waals surface area contributed by atoms with E-state index in [-0.39, 0.29) is 19.7 Å². The van der Waals surface area contributed by atoms with Gasteiger partial charge in [-0.15, -0.1) is 0 Å². The predicted molar refractivity (Wildman–Crippen MR) is 127 cm³/mol. The number of benzene rings is 3. The molecule has 0 saturated heterocycles. The van der Waals surface area contributed by atoms with Crippen molar-refractivity contribution < 1.29 is 4.21 Å². The minimum atomic E-state index is -1.01. The van der Waals surface area contributed by atoms with Crippen molar-refractivity contribution in [3.8, 4) is 0 Å². The number of hydrogen-bond acceptors (Lipinski definition) is 1. The van der Waals surface area contributed by atoms with E-state index in [4.69, 9.17) is 0 Å². The van der Waals surface area contributed by atoms with E-state index < -0.39 is 10.8 Å². The van der Waals surface area contributed by atoms with Gasteiger partial charge in [0.25, 0.3) is 0 Å². The van der Waals surface area contributed by atoms with Gasteiger partial charge in [-0.25, -0.2) is 0 Å². The summed E-state index contributed by atoms with van der Waals surface area (Å²) in [5.74, 6) is 0.340. The molecular weight excluding hydrogens is 439 g/mol. The van der Waals surface area contributed by atoms with E-state index in [2.05, 4.69) is 78.9 Å². The van der Waals surface area contributed by atoms with Gasteiger partial charge in [0.1, 0.15) is 0 Å². The summed E-state index contributed by atoms with van der Waals surface area (Å²) in [6.45, 7) is 6.13. The van der Waals surface area contributed by atoms with E-state index >= 15 is 0 Å². The fraction of sp³-hybridized carbons (Fsp3) is 0.231. The number of allylic oxidation sites excluding steroid dienone is 1. The first kappa shape index (κ1) is 21.8. The Kier molecular flexibility index (Phi) is 7.66. The van der Waals surface area contributed by atoms with Gasteiger partial charge in [0.15, 0.2) is 0 Å². The fourth-order valence-electron chi connectivity index (χ4n) is 2.99. The van der Waals surface area contributed by atoms with E-state index in [1.54, 1.807) is 0 Å². The molecule has 0 saturated carbocycles. The van der Waals surface area contributed by atoms with Crippen molar-refractivity contribution in [3.05, 3.63) is 102 Å². The van der Waals surface area contributed by atoms with Gasteiger partial charge >= 0.3 is 184 Å². The Hall–Kier alpha value is -1.93. The molecule has 0 N–H and O–H groups in total. The normalized spacial score (nSPS) is 14.0. The quantitative estimate of drug-likeness (QED) is 0.399. The Bertz CT molecular complexity index is 959. The maximum atomic E-state index is 13.0. The van der Waals surface area contributed by atoms with Gasteiger partial charge in [-0.05, 0) is 0 Å². The molecule has 0 aromatic heterocycles. The van der Waals surface area contributed by atoms with Crippen LogP contribution in [0, 0.1) is 0 Å². The van der Waals surface area contributed by atoms with Gasteiger partial charge in [0, 0.05) is 0 Å². The summed E-state index contributed by atoms with van der Waals surface area (Å²) in [5.41, 5.74) is 2.55. The first-order valence-corrected chi connectivity index (χ1v) is 13.1. The number of hydrogen-bond donors (Lipinski definition) is 0. The second-order valence-corrected chi connectivity index (χ2v) is 12.4. The van der Waals surface area contributed by atoms with Crippen LogP contribution >= 0.6 is 0 Å². The van der Waals surface area contributed by atoms with Gasteiger partial charge in [-0.1, -0.05) is 0 Å². The molecule has 3 aromatic carbocycles. The van der Waals surface area contributed by atoms with E-state index in [0.717, 1.165) is 10.2 Å². The zero-order valence-electron chi connectivity index (χ0n) is 17.2. The molecule has 0 aliphatic heterocycles. The molecule has 3 rings (SSSR count). The third kappa shape index (κ3) is 6.27. The van der Waals surface area contributed by atoms with Crippen LogP contribution in [-0.2, 0) is 10.8 Å². The van der Waals surface area contributed by atoms with Crippen LogP contribution in [0.15, 0.2) is 95.9 Å². The summed E-state index contributed by atoms with van der Waals surface area (Å²) >= 11 is 0.235. The molecule has 0 aliphatic carbocycles. The fourth-order valence-corrected chi connectivity index (χ4v) is 7.08. The third-order valence-electron chi connectivity index (χ3n) is 4.57. The Morgan fingerprint density at radius 1 is 0.862 bits per heavy atom. The van der Waals surface area contributed by atoms with E-state index in [1.165, 1.54) is 15.6 Å². The molecule has 3 heteroatoms. The Labute approximate surface area is 183 Å². The third-order valence-corrected chi connectivity index (χ3v) is 9.23. The summed E-state index contributed by atoms with van der Waals surface area (Å²) < 4.78 is 14.0. The molecule has 0 radical (unpaired) electrons. The van der Waals surface area contributed by atoms with Crippen LogP contribution in [-0.4, -0.2) is 23.9 Å². The average Bonchev–Trinajstić information content (AvgIpc) is 2.74. The van der Waals surface area contributed by atoms with Crippen molar-refractivity contribution in [2.45, 2.75) is 41.7 Å². The van der Waals surface area contributed by atoms with Gasteiger partial charge in [0.2, 0.25) is 0 Å². The van der Waals surface area contributed by atoms with E-state index in [9.17, 15) is 4.21 Å². The Morgan fingerprint density at radius 3 is 2.10 bits per heavy atom. The van der Waals surface area contributed by atoms with Crippen LogP contribution in [0.4, 0.5) is 0 Å². The number of rotatable bonds is 7. The molecule has 3 aromatic rings. The molecule has 2 atom stereocenters. The molecule has 2 unspecified atom stereocenters. The summed E-state index contributed by atoms with van der Waals surface area (Å²) in [4.78, 5) is 0.999. The molecule has 150 valence electrons. The standard InChI is InChI=1S/C26H28OSSe/c1-26(2,3)28(27)24-16-10-11-17-25(24)29-20-23(22-14-8-5-9-15-22)19-18-21-12-6-4-7-13-21/h4-19,23H,20H2,1-3H3/b19-18+. The van der Waals surface area contributed by atoms with Crippen LogP contribution in [0.1, 0.15) is 37.8 Å². The van der Waals surface area contributed by atoms with Gasteiger partial charge in [-0.3, -0.25) is 0 Å². The zero-order chi connectivity index (χ0) is 20.7. The van der Waals surface area contributed by atoms with Gasteiger partial charge in [0.05, 0.1) is 0 Å². The van der Waals surface area contributed by atoms with E-state index in [1.807, 2.05) is 39.0 Å². The molecule has 0 spiro atoms. The molecule has 29 heavy (non-hydrogen) atoms. The van der Waals surface area contributed by atoms with Crippen molar-refractivity contribution >= 4 is 36.3 Å². The summed E-state index contributed by atoms with van der Waals surface area (Å²) in [6, 6.07) is 29.4. The maximum absolute atomic E-state index is 13.0. The second-order valence-electron chi connectivity index (χ2n) is 7.93. The second kappa shape index (κ2) is 10.2. The molecular formula is C26H28OSSe. The molecule has 0 bridgehead atoms. The first-order valence-electron chi connectivity index (χ1n) is 9.87. The minimum absolute atomic E-state index is 0.235. The molecule has 0 amide bonds. The predicted octanol–water partition coefficient (Wildman–Crippen LogP) is 5.84. The summed E-state index contributed by atoms with van der Waals surface area (Å²) in [5, 5.41) is 1.04. The zero-order valence-corrected chi connectivity index (χ0v) is 19.8. The van der Waals surface area contributed by atoms with Crippen molar-refractivity contribution in [2.24, 2.45) is 0 Å². The van der Waals surface area contributed by atoms with Crippen molar-refractivity contribution in [1.82, 2.24) is 0 Å². The van der Waals surface area contributed by atoms with Crippen molar-refractivity contribution in [3.63, 3.8) is 0 Å². The van der Waals surface area contributed by atoms with Crippen molar-refractivity contribution in [2.75, 3.05) is 0 Å². The van der Waals surface area contributed by atoms with Crippen LogP contribution in [0.2, 0.25) is 5.32 Å². The van der Waals surface area contributed by atoms with Crippen LogP contribution < -0.4 is 4.46 Å². The van der Waals surface area contributed by atoms with Gasteiger partial charge in [-0.2, -0.15) is 0 Å². The topological polar surface area (TPSA) is 17.1 Å². The molecule has 0 aliphatic rings. The van der Waals surface area contributed by atoms with Crippen LogP contribution in [0.5, 0.6) is 0 Å². The summed E-state index contributed by atoms with van der Waals surface area (Å²) in [6.07, 6.45) is 4.53. The molecule has 0 fully saturated rings. The SMILES string of the molecule is CC(C)(C)S(=O)c1ccccc1[Se]CC(/C=C/c1ccccc1)c1ccccc1. The monoisotopic (exact) mass is 468 g/mol. The first-order chi connectivity index (χ1) is 13.9. The molecule has 0 heterocycles. The van der Waals surface area contributed by atoms with Crippen LogP contribution in [0.25, 0.3) is 6.08 Å². The Balaban J connectivity index is 1.83. The van der Waals surface area contributed by atoms with Crippen molar-refractivity contribution in [1.29, 1.82) is 0 Å². The Morgan fingerprint density at radius 2 is 1.45 bits per heavy atom. The van der Waals surface area contributed by atoms with Crippen LogP contribution in [0.3, 0.4) is 0 Å². The molecule has 1 nitrogen and oxygen atoms in total. The average molecular weight is 468 g/mol. The van der Waals surface area contributed by atoms with Gasteiger partial charge < -0.3 is 0 Å².